The van der Waals surface area contributed by atoms with Gasteiger partial charge in [0, 0.05) is 6.04 Å². The SMILES string of the molecule is CNC(Cc1cccc(Cl)c1F)Cc1c(C)cccc1C. The molecular formula is C18H21ClFN. The van der Waals surface area contributed by atoms with Gasteiger partial charge in [0.15, 0.2) is 0 Å². The molecule has 2 aromatic carbocycles. The molecular weight excluding hydrogens is 285 g/mol. The molecule has 1 unspecified atom stereocenters. The Morgan fingerprint density at radius 2 is 1.67 bits per heavy atom. The van der Waals surface area contributed by atoms with Crippen molar-refractivity contribution in [2.75, 3.05) is 7.05 Å². The van der Waals surface area contributed by atoms with Crippen LogP contribution in [0, 0.1) is 19.7 Å². The highest BCUT2D eigenvalue weighted by atomic mass is 35.5. The topological polar surface area (TPSA) is 12.0 Å². The third-order valence-electron chi connectivity index (χ3n) is 4.00. The lowest BCUT2D eigenvalue weighted by molar-refractivity contribution is 0.531. The van der Waals surface area contributed by atoms with Crippen molar-refractivity contribution in [2.24, 2.45) is 0 Å². The fraction of sp³-hybridized carbons (Fsp3) is 0.333. The number of benzene rings is 2. The fourth-order valence-electron chi connectivity index (χ4n) is 2.67. The molecule has 0 aliphatic rings. The van der Waals surface area contributed by atoms with Crippen molar-refractivity contribution in [2.45, 2.75) is 32.7 Å². The lowest BCUT2D eigenvalue weighted by Crippen LogP contribution is -2.30. The summed E-state index contributed by atoms with van der Waals surface area (Å²) in [7, 11) is 1.92. The number of rotatable bonds is 5. The van der Waals surface area contributed by atoms with Crippen molar-refractivity contribution in [1.29, 1.82) is 0 Å². The van der Waals surface area contributed by atoms with Gasteiger partial charge in [-0.3, -0.25) is 0 Å². The molecule has 0 radical (unpaired) electrons. The van der Waals surface area contributed by atoms with Crippen LogP contribution in [0.3, 0.4) is 0 Å². The summed E-state index contributed by atoms with van der Waals surface area (Å²) in [6, 6.07) is 11.7. The van der Waals surface area contributed by atoms with E-state index in [1.165, 1.54) is 16.7 Å². The van der Waals surface area contributed by atoms with Gasteiger partial charge in [-0.05, 0) is 62.1 Å². The average Bonchev–Trinajstić information content (AvgIpc) is 2.46. The van der Waals surface area contributed by atoms with E-state index in [1.807, 2.05) is 7.05 Å². The number of likely N-dealkylation sites (N-methyl/N-ethyl adjacent to an activating group) is 1. The zero-order chi connectivity index (χ0) is 15.4. The summed E-state index contributed by atoms with van der Waals surface area (Å²) in [4.78, 5) is 0. The van der Waals surface area contributed by atoms with Crippen LogP contribution in [0.15, 0.2) is 36.4 Å². The summed E-state index contributed by atoms with van der Waals surface area (Å²) in [6.07, 6.45) is 1.50. The maximum atomic E-state index is 14.0. The lowest BCUT2D eigenvalue weighted by Gasteiger charge is -2.19. The van der Waals surface area contributed by atoms with Gasteiger partial charge in [-0.1, -0.05) is 41.9 Å². The van der Waals surface area contributed by atoms with Crippen molar-refractivity contribution in [3.63, 3.8) is 0 Å². The second-order valence-electron chi connectivity index (χ2n) is 5.48. The Morgan fingerprint density at radius 3 is 2.29 bits per heavy atom. The molecule has 2 aromatic rings. The van der Waals surface area contributed by atoms with E-state index in [0.29, 0.717) is 12.0 Å². The van der Waals surface area contributed by atoms with E-state index >= 15 is 0 Å². The summed E-state index contributed by atoms with van der Waals surface area (Å²) in [5.41, 5.74) is 4.55. The van der Waals surface area contributed by atoms with E-state index in [-0.39, 0.29) is 16.9 Å². The summed E-state index contributed by atoms with van der Waals surface area (Å²) in [5.74, 6) is -0.305. The van der Waals surface area contributed by atoms with Crippen molar-refractivity contribution in [3.05, 3.63) is 69.5 Å². The number of halogens is 2. The Bertz CT molecular complexity index is 604. The summed E-state index contributed by atoms with van der Waals surface area (Å²) in [6.45, 7) is 4.24. The van der Waals surface area contributed by atoms with Crippen LogP contribution < -0.4 is 5.32 Å². The molecule has 0 saturated heterocycles. The van der Waals surface area contributed by atoms with Crippen LogP contribution in [0.5, 0.6) is 0 Å². The highest BCUT2D eigenvalue weighted by Crippen LogP contribution is 2.21. The van der Waals surface area contributed by atoms with Crippen LogP contribution in [0.25, 0.3) is 0 Å². The predicted octanol–water partition coefficient (Wildman–Crippen LogP) is 4.47. The van der Waals surface area contributed by atoms with Gasteiger partial charge in [-0.15, -0.1) is 0 Å². The second-order valence-corrected chi connectivity index (χ2v) is 5.88. The minimum Gasteiger partial charge on any atom is -0.316 e. The average molecular weight is 306 g/mol. The van der Waals surface area contributed by atoms with Crippen LogP contribution in [0.2, 0.25) is 5.02 Å². The number of hydrogen-bond donors (Lipinski definition) is 1. The molecule has 2 rings (SSSR count). The van der Waals surface area contributed by atoms with E-state index in [2.05, 4.69) is 37.4 Å². The number of nitrogens with one attached hydrogen (secondary N) is 1. The lowest BCUT2D eigenvalue weighted by atomic mass is 9.93. The van der Waals surface area contributed by atoms with Crippen molar-refractivity contribution in [1.82, 2.24) is 5.32 Å². The Hall–Kier alpha value is -1.38. The zero-order valence-corrected chi connectivity index (χ0v) is 13.5. The quantitative estimate of drug-likeness (QED) is 0.859. The zero-order valence-electron chi connectivity index (χ0n) is 12.7. The maximum Gasteiger partial charge on any atom is 0.145 e. The molecule has 0 saturated carbocycles. The molecule has 0 fully saturated rings. The van der Waals surface area contributed by atoms with E-state index < -0.39 is 0 Å². The second kappa shape index (κ2) is 7.06. The highest BCUT2D eigenvalue weighted by Gasteiger charge is 2.15. The Balaban J connectivity index is 2.19. The molecule has 0 spiro atoms. The molecule has 0 aliphatic carbocycles. The predicted molar refractivity (Wildman–Crippen MR) is 87.6 cm³/mol. The van der Waals surface area contributed by atoms with Gasteiger partial charge < -0.3 is 5.32 Å². The molecule has 112 valence electrons. The Kier molecular flexibility index (Phi) is 5.38. The molecule has 0 heterocycles. The van der Waals surface area contributed by atoms with E-state index in [9.17, 15) is 4.39 Å². The molecule has 21 heavy (non-hydrogen) atoms. The largest absolute Gasteiger partial charge is 0.316 e. The Labute approximate surface area is 131 Å². The van der Waals surface area contributed by atoms with E-state index in [0.717, 1.165) is 6.42 Å². The van der Waals surface area contributed by atoms with Crippen molar-refractivity contribution < 1.29 is 4.39 Å². The first kappa shape index (κ1) is 16.0. The molecule has 1 atom stereocenters. The smallest absolute Gasteiger partial charge is 0.145 e. The van der Waals surface area contributed by atoms with Crippen LogP contribution in [0.4, 0.5) is 4.39 Å². The molecule has 1 N–H and O–H groups in total. The van der Waals surface area contributed by atoms with Crippen LogP contribution in [-0.4, -0.2) is 13.1 Å². The third-order valence-corrected chi connectivity index (χ3v) is 4.29. The summed E-state index contributed by atoms with van der Waals surface area (Å²) < 4.78 is 14.0. The van der Waals surface area contributed by atoms with Crippen molar-refractivity contribution in [3.8, 4) is 0 Å². The number of hydrogen-bond acceptors (Lipinski definition) is 1. The fourth-order valence-corrected chi connectivity index (χ4v) is 2.86. The van der Waals surface area contributed by atoms with Crippen LogP contribution in [-0.2, 0) is 12.8 Å². The molecule has 3 heteroatoms. The molecule has 0 aromatic heterocycles. The molecule has 0 bridgehead atoms. The minimum atomic E-state index is -0.305. The van der Waals surface area contributed by atoms with Gasteiger partial charge in [0.25, 0.3) is 0 Å². The first-order chi connectivity index (χ1) is 10.0. The highest BCUT2D eigenvalue weighted by molar-refractivity contribution is 6.30. The van der Waals surface area contributed by atoms with E-state index in [4.69, 9.17) is 11.6 Å². The first-order valence-electron chi connectivity index (χ1n) is 7.18. The van der Waals surface area contributed by atoms with Gasteiger partial charge in [-0.2, -0.15) is 0 Å². The standard InChI is InChI=1S/C18H21ClFN/c1-12-6-4-7-13(2)16(12)11-15(21-3)10-14-8-5-9-17(19)18(14)20/h4-9,15,21H,10-11H2,1-3H3. The summed E-state index contributed by atoms with van der Waals surface area (Å²) in [5, 5.41) is 3.48. The van der Waals surface area contributed by atoms with Gasteiger partial charge in [0.2, 0.25) is 0 Å². The molecule has 0 aliphatic heterocycles. The Morgan fingerprint density at radius 1 is 1.05 bits per heavy atom. The maximum absolute atomic E-state index is 14.0. The van der Waals surface area contributed by atoms with Gasteiger partial charge >= 0.3 is 0 Å². The monoisotopic (exact) mass is 305 g/mol. The minimum absolute atomic E-state index is 0.178. The first-order valence-corrected chi connectivity index (χ1v) is 7.56. The van der Waals surface area contributed by atoms with E-state index in [1.54, 1.807) is 18.2 Å². The van der Waals surface area contributed by atoms with Crippen LogP contribution in [0.1, 0.15) is 22.3 Å². The normalized spacial score (nSPS) is 12.4. The van der Waals surface area contributed by atoms with Gasteiger partial charge in [0.05, 0.1) is 5.02 Å². The van der Waals surface area contributed by atoms with Gasteiger partial charge in [-0.25, -0.2) is 4.39 Å². The molecule has 1 nitrogen and oxygen atoms in total. The number of aryl methyl sites for hydroxylation is 2. The van der Waals surface area contributed by atoms with Crippen molar-refractivity contribution >= 4 is 11.6 Å². The summed E-state index contributed by atoms with van der Waals surface area (Å²) >= 11 is 5.86. The molecule has 0 amide bonds. The van der Waals surface area contributed by atoms with Crippen LogP contribution >= 0.6 is 11.6 Å². The third kappa shape index (κ3) is 3.84. The van der Waals surface area contributed by atoms with Gasteiger partial charge in [0.1, 0.15) is 5.82 Å².